The average molecular weight is 112 g/mol. The van der Waals surface area contributed by atoms with E-state index < -0.39 is 0 Å². The Morgan fingerprint density at radius 2 is 2.62 bits per heavy atom. The van der Waals surface area contributed by atoms with Crippen molar-refractivity contribution in [3.8, 4) is 0 Å². The second-order valence-electron chi connectivity index (χ2n) is 2.27. The predicted octanol–water partition coefficient (Wildman–Crippen LogP) is 0.944. The van der Waals surface area contributed by atoms with Gasteiger partial charge in [-0.15, -0.1) is 0 Å². The van der Waals surface area contributed by atoms with Crippen molar-refractivity contribution in [3.05, 3.63) is 0 Å². The molecular weight excluding hydrogens is 100 g/mol. The van der Waals surface area contributed by atoms with Gasteiger partial charge in [-0.05, 0) is 6.42 Å². The molecule has 0 aliphatic carbocycles. The van der Waals surface area contributed by atoms with Gasteiger partial charge in [-0.3, -0.25) is 5.01 Å². The van der Waals surface area contributed by atoms with Crippen molar-refractivity contribution in [2.45, 2.75) is 13.3 Å². The van der Waals surface area contributed by atoms with Crippen LogP contribution in [0.3, 0.4) is 0 Å². The second kappa shape index (κ2) is 2.16. The molecule has 1 atom stereocenters. The summed E-state index contributed by atoms with van der Waals surface area (Å²) in [6.07, 6.45) is 3.24. The van der Waals surface area contributed by atoms with Gasteiger partial charge in [-0.2, -0.15) is 5.10 Å². The molecule has 0 aromatic carbocycles. The molecule has 1 aliphatic heterocycles. The molecule has 0 aromatic heterocycles. The maximum atomic E-state index is 4.10. The molecule has 2 heteroatoms. The number of hydrogen-bond donors (Lipinski definition) is 0. The van der Waals surface area contributed by atoms with Crippen LogP contribution in [0, 0.1) is 5.92 Å². The fourth-order valence-corrected chi connectivity index (χ4v) is 0.876. The molecule has 0 saturated carbocycles. The minimum atomic E-state index is 0.708. The monoisotopic (exact) mass is 112 g/mol. The third kappa shape index (κ3) is 0.997. The summed E-state index contributed by atoms with van der Waals surface area (Å²) in [6.45, 7) is 3.30. The van der Waals surface area contributed by atoms with Gasteiger partial charge < -0.3 is 0 Å². The molecule has 0 aromatic rings. The average Bonchev–Trinajstić information content (AvgIpc) is 2.14. The van der Waals surface area contributed by atoms with Gasteiger partial charge in [0.15, 0.2) is 0 Å². The van der Waals surface area contributed by atoms with Crippen LogP contribution in [0.25, 0.3) is 0 Å². The van der Waals surface area contributed by atoms with Gasteiger partial charge in [0, 0.05) is 25.7 Å². The van der Waals surface area contributed by atoms with Crippen molar-refractivity contribution in [2.24, 2.45) is 11.0 Å². The normalized spacial score (nSPS) is 27.2. The summed E-state index contributed by atoms with van der Waals surface area (Å²) in [7, 11) is 2.01. The zero-order valence-electron chi connectivity index (χ0n) is 5.46. The SMILES string of the molecule is CCC1C=NN(C)C1. The van der Waals surface area contributed by atoms with Gasteiger partial charge >= 0.3 is 0 Å². The quantitative estimate of drug-likeness (QED) is 0.493. The van der Waals surface area contributed by atoms with E-state index in [1.807, 2.05) is 18.3 Å². The number of hydrogen-bond acceptors (Lipinski definition) is 2. The lowest BCUT2D eigenvalue weighted by Crippen LogP contribution is -2.12. The lowest BCUT2D eigenvalue weighted by Gasteiger charge is -2.06. The van der Waals surface area contributed by atoms with Crippen molar-refractivity contribution in [3.63, 3.8) is 0 Å². The highest BCUT2D eigenvalue weighted by atomic mass is 15.4. The number of nitrogens with zero attached hydrogens (tertiary/aromatic N) is 2. The fourth-order valence-electron chi connectivity index (χ4n) is 0.876. The van der Waals surface area contributed by atoms with E-state index in [1.54, 1.807) is 0 Å². The highest BCUT2D eigenvalue weighted by Gasteiger charge is 2.10. The molecule has 0 radical (unpaired) electrons. The highest BCUT2D eigenvalue weighted by Crippen LogP contribution is 2.07. The molecule has 0 saturated heterocycles. The molecule has 0 N–H and O–H groups in total. The first kappa shape index (κ1) is 5.60. The van der Waals surface area contributed by atoms with E-state index in [0.717, 1.165) is 6.54 Å². The van der Waals surface area contributed by atoms with Crippen molar-refractivity contribution < 1.29 is 0 Å². The van der Waals surface area contributed by atoms with Crippen LogP contribution < -0.4 is 0 Å². The molecule has 0 fully saturated rings. The van der Waals surface area contributed by atoms with Crippen molar-refractivity contribution in [1.82, 2.24) is 5.01 Å². The van der Waals surface area contributed by atoms with Crippen LogP contribution >= 0.6 is 0 Å². The van der Waals surface area contributed by atoms with E-state index in [4.69, 9.17) is 0 Å². The van der Waals surface area contributed by atoms with E-state index in [-0.39, 0.29) is 0 Å². The lowest BCUT2D eigenvalue weighted by molar-refractivity contribution is 0.358. The van der Waals surface area contributed by atoms with E-state index >= 15 is 0 Å². The summed E-state index contributed by atoms with van der Waals surface area (Å²) < 4.78 is 0. The van der Waals surface area contributed by atoms with Crippen LogP contribution in [0.15, 0.2) is 5.10 Å². The third-order valence-corrected chi connectivity index (χ3v) is 1.50. The summed E-state index contributed by atoms with van der Waals surface area (Å²) >= 11 is 0. The van der Waals surface area contributed by atoms with Gasteiger partial charge in [0.05, 0.1) is 0 Å². The predicted molar refractivity (Wildman–Crippen MR) is 34.9 cm³/mol. The first-order valence-electron chi connectivity index (χ1n) is 3.08. The molecule has 0 amide bonds. The van der Waals surface area contributed by atoms with Crippen LogP contribution in [-0.4, -0.2) is 24.8 Å². The van der Waals surface area contributed by atoms with Crippen LogP contribution in [0.4, 0.5) is 0 Å². The van der Waals surface area contributed by atoms with Crippen molar-refractivity contribution >= 4 is 6.21 Å². The topological polar surface area (TPSA) is 15.6 Å². The molecule has 2 nitrogen and oxygen atoms in total. The molecule has 0 bridgehead atoms. The van der Waals surface area contributed by atoms with E-state index in [9.17, 15) is 0 Å². The molecule has 46 valence electrons. The smallest absolute Gasteiger partial charge is 0.0435 e. The molecule has 1 unspecified atom stereocenters. The Morgan fingerprint density at radius 3 is 2.88 bits per heavy atom. The van der Waals surface area contributed by atoms with Crippen molar-refractivity contribution in [1.29, 1.82) is 0 Å². The standard InChI is InChI=1S/C6H12N2/c1-3-6-4-7-8(2)5-6/h4,6H,3,5H2,1-2H3. The van der Waals surface area contributed by atoms with Crippen LogP contribution in [0.5, 0.6) is 0 Å². The van der Waals surface area contributed by atoms with Gasteiger partial charge in [-0.1, -0.05) is 6.92 Å². The Kier molecular flexibility index (Phi) is 1.51. The molecule has 1 aliphatic rings. The van der Waals surface area contributed by atoms with E-state index in [1.165, 1.54) is 6.42 Å². The van der Waals surface area contributed by atoms with Crippen LogP contribution in [-0.2, 0) is 0 Å². The molecule has 0 spiro atoms. The molecule has 1 heterocycles. The lowest BCUT2D eigenvalue weighted by atomic mass is 10.1. The summed E-state index contributed by atoms with van der Waals surface area (Å²) in [5, 5.41) is 6.08. The minimum absolute atomic E-state index is 0.708. The maximum absolute atomic E-state index is 4.10. The molecular formula is C6H12N2. The highest BCUT2D eigenvalue weighted by molar-refractivity contribution is 5.62. The largest absolute Gasteiger partial charge is 0.300 e. The summed E-state index contributed by atoms with van der Waals surface area (Å²) in [5.74, 6) is 0.708. The first-order chi connectivity index (χ1) is 3.83. The zero-order valence-corrected chi connectivity index (χ0v) is 5.46. The van der Waals surface area contributed by atoms with Crippen molar-refractivity contribution in [2.75, 3.05) is 13.6 Å². The van der Waals surface area contributed by atoms with E-state index in [2.05, 4.69) is 12.0 Å². The van der Waals surface area contributed by atoms with Crippen LogP contribution in [0.1, 0.15) is 13.3 Å². The maximum Gasteiger partial charge on any atom is 0.0435 e. The Balaban J connectivity index is 2.34. The molecule has 8 heavy (non-hydrogen) atoms. The Labute approximate surface area is 50.2 Å². The Morgan fingerprint density at radius 1 is 1.88 bits per heavy atom. The first-order valence-corrected chi connectivity index (χ1v) is 3.08. The van der Waals surface area contributed by atoms with Gasteiger partial charge in [0.25, 0.3) is 0 Å². The number of rotatable bonds is 1. The van der Waals surface area contributed by atoms with Gasteiger partial charge in [0.2, 0.25) is 0 Å². The Bertz CT molecular complexity index is 98.7. The fraction of sp³-hybridized carbons (Fsp3) is 0.833. The van der Waals surface area contributed by atoms with E-state index in [0.29, 0.717) is 5.92 Å². The summed E-state index contributed by atoms with van der Waals surface area (Å²) in [4.78, 5) is 0. The summed E-state index contributed by atoms with van der Waals surface area (Å²) in [6, 6.07) is 0. The van der Waals surface area contributed by atoms with Gasteiger partial charge in [0.1, 0.15) is 0 Å². The minimum Gasteiger partial charge on any atom is -0.300 e. The third-order valence-electron chi connectivity index (χ3n) is 1.50. The Hall–Kier alpha value is -0.530. The summed E-state index contributed by atoms with van der Waals surface area (Å²) in [5.41, 5.74) is 0. The second-order valence-corrected chi connectivity index (χ2v) is 2.27. The molecule has 1 rings (SSSR count). The number of hydrazone groups is 1. The zero-order chi connectivity index (χ0) is 5.98. The van der Waals surface area contributed by atoms with Crippen LogP contribution in [0.2, 0.25) is 0 Å². The van der Waals surface area contributed by atoms with Gasteiger partial charge in [-0.25, -0.2) is 0 Å².